The summed E-state index contributed by atoms with van der Waals surface area (Å²) in [5.74, 6) is 0.830. The summed E-state index contributed by atoms with van der Waals surface area (Å²) in [7, 11) is 0. The van der Waals surface area contributed by atoms with E-state index in [0.29, 0.717) is 6.10 Å². The topological polar surface area (TPSA) is 9.23 Å². The molecular formula is C11H18O. The number of rotatable bonds is 1. The zero-order valence-corrected chi connectivity index (χ0v) is 7.88. The van der Waals surface area contributed by atoms with Gasteiger partial charge in [-0.25, -0.2) is 0 Å². The van der Waals surface area contributed by atoms with Gasteiger partial charge in [0.05, 0.1) is 6.10 Å². The first-order chi connectivity index (χ1) is 5.86. The van der Waals surface area contributed by atoms with Gasteiger partial charge in [0, 0.05) is 6.61 Å². The normalized spacial score (nSPS) is 36.6. The number of allylic oxidation sites excluding steroid dienone is 2. The molecule has 2 atom stereocenters. The van der Waals surface area contributed by atoms with E-state index in [-0.39, 0.29) is 0 Å². The minimum absolute atomic E-state index is 0.592. The van der Waals surface area contributed by atoms with Crippen molar-refractivity contribution in [2.45, 2.75) is 45.1 Å². The van der Waals surface area contributed by atoms with Crippen molar-refractivity contribution in [1.82, 2.24) is 0 Å². The summed E-state index contributed by atoms with van der Waals surface area (Å²) in [6.07, 6.45) is 9.49. The summed E-state index contributed by atoms with van der Waals surface area (Å²) < 4.78 is 5.70. The van der Waals surface area contributed by atoms with Crippen molar-refractivity contribution < 1.29 is 4.74 Å². The molecule has 12 heavy (non-hydrogen) atoms. The summed E-state index contributed by atoms with van der Waals surface area (Å²) >= 11 is 0. The highest BCUT2D eigenvalue weighted by atomic mass is 16.5. The molecule has 0 aromatic heterocycles. The first kappa shape index (κ1) is 8.31. The van der Waals surface area contributed by atoms with E-state index in [4.69, 9.17) is 4.74 Å². The van der Waals surface area contributed by atoms with Gasteiger partial charge in [-0.1, -0.05) is 11.6 Å². The minimum Gasteiger partial charge on any atom is -0.378 e. The summed E-state index contributed by atoms with van der Waals surface area (Å²) in [6, 6.07) is 0. The Morgan fingerprint density at radius 3 is 2.92 bits per heavy atom. The van der Waals surface area contributed by atoms with Crippen LogP contribution in [0.2, 0.25) is 0 Å². The highest BCUT2D eigenvalue weighted by Gasteiger charge is 2.26. The summed E-state index contributed by atoms with van der Waals surface area (Å²) in [5, 5.41) is 0. The molecule has 0 saturated carbocycles. The van der Waals surface area contributed by atoms with Crippen LogP contribution in [0.15, 0.2) is 11.6 Å². The third kappa shape index (κ3) is 1.71. The summed E-state index contributed by atoms with van der Waals surface area (Å²) in [6.45, 7) is 3.25. The third-order valence-electron chi connectivity index (χ3n) is 3.17. The fourth-order valence-corrected chi connectivity index (χ4v) is 2.30. The van der Waals surface area contributed by atoms with Crippen molar-refractivity contribution >= 4 is 0 Å². The highest BCUT2D eigenvalue weighted by molar-refractivity contribution is 5.04. The Hall–Kier alpha value is -0.300. The minimum atomic E-state index is 0.592. The van der Waals surface area contributed by atoms with Gasteiger partial charge in [-0.2, -0.15) is 0 Å². The van der Waals surface area contributed by atoms with E-state index in [1.165, 1.54) is 32.1 Å². The van der Waals surface area contributed by atoms with Gasteiger partial charge in [-0.15, -0.1) is 0 Å². The van der Waals surface area contributed by atoms with Gasteiger partial charge in [0.1, 0.15) is 0 Å². The lowest BCUT2D eigenvalue weighted by molar-refractivity contribution is 0.0588. The standard InChI is InChI=1S/C11H18O/c1-9-4-6-10(7-5-9)11-3-2-8-12-11/h4,10-11H,2-3,5-8H2,1H3. The lowest BCUT2D eigenvalue weighted by atomic mass is 9.85. The van der Waals surface area contributed by atoms with Crippen molar-refractivity contribution in [3.8, 4) is 0 Å². The van der Waals surface area contributed by atoms with E-state index in [9.17, 15) is 0 Å². The van der Waals surface area contributed by atoms with Crippen molar-refractivity contribution in [3.63, 3.8) is 0 Å². The van der Waals surface area contributed by atoms with Gasteiger partial charge in [-0.05, 0) is 44.9 Å². The van der Waals surface area contributed by atoms with Crippen molar-refractivity contribution in [2.24, 2.45) is 5.92 Å². The first-order valence-corrected chi connectivity index (χ1v) is 5.13. The Balaban J connectivity index is 1.89. The lowest BCUT2D eigenvalue weighted by Crippen LogP contribution is -2.21. The molecule has 0 aromatic carbocycles. The molecule has 0 radical (unpaired) electrons. The zero-order valence-electron chi connectivity index (χ0n) is 7.88. The van der Waals surface area contributed by atoms with Gasteiger partial charge >= 0.3 is 0 Å². The highest BCUT2D eigenvalue weighted by Crippen LogP contribution is 2.31. The van der Waals surface area contributed by atoms with E-state index in [1.54, 1.807) is 5.57 Å². The largest absolute Gasteiger partial charge is 0.378 e. The van der Waals surface area contributed by atoms with E-state index in [0.717, 1.165) is 12.5 Å². The maximum absolute atomic E-state index is 5.70. The van der Waals surface area contributed by atoms with Crippen molar-refractivity contribution in [2.75, 3.05) is 6.61 Å². The van der Waals surface area contributed by atoms with Crippen molar-refractivity contribution in [3.05, 3.63) is 11.6 Å². The van der Waals surface area contributed by atoms with Gasteiger partial charge in [0.15, 0.2) is 0 Å². The van der Waals surface area contributed by atoms with Crippen LogP contribution in [0.4, 0.5) is 0 Å². The van der Waals surface area contributed by atoms with Crippen molar-refractivity contribution in [1.29, 1.82) is 0 Å². The second kappa shape index (κ2) is 3.61. The molecule has 68 valence electrons. The Labute approximate surface area is 74.8 Å². The molecule has 1 aliphatic carbocycles. The molecule has 0 amide bonds. The lowest BCUT2D eigenvalue weighted by Gasteiger charge is -2.25. The van der Waals surface area contributed by atoms with E-state index in [2.05, 4.69) is 13.0 Å². The predicted molar refractivity (Wildman–Crippen MR) is 50.1 cm³/mol. The molecule has 1 saturated heterocycles. The molecule has 0 aromatic rings. The summed E-state index contributed by atoms with van der Waals surface area (Å²) in [5.41, 5.74) is 1.57. The monoisotopic (exact) mass is 166 g/mol. The van der Waals surface area contributed by atoms with E-state index >= 15 is 0 Å². The molecule has 2 unspecified atom stereocenters. The Morgan fingerprint density at radius 1 is 1.42 bits per heavy atom. The van der Waals surface area contributed by atoms with E-state index < -0.39 is 0 Å². The Kier molecular flexibility index (Phi) is 2.50. The van der Waals surface area contributed by atoms with Crippen LogP contribution in [0.1, 0.15) is 39.0 Å². The fraction of sp³-hybridized carbons (Fsp3) is 0.818. The summed E-state index contributed by atoms with van der Waals surface area (Å²) in [4.78, 5) is 0. The maximum atomic E-state index is 5.70. The molecule has 2 aliphatic rings. The fourth-order valence-electron chi connectivity index (χ4n) is 2.30. The second-order valence-electron chi connectivity index (χ2n) is 4.14. The average Bonchev–Trinajstić information content (AvgIpc) is 2.58. The van der Waals surface area contributed by atoms with Crippen LogP contribution >= 0.6 is 0 Å². The molecule has 1 heterocycles. The molecule has 2 rings (SSSR count). The van der Waals surface area contributed by atoms with Crippen LogP contribution in [-0.4, -0.2) is 12.7 Å². The SMILES string of the molecule is CC1=CCC(C2CCCO2)CC1. The average molecular weight is 166 g/mol. The van der Waals surface area contributed by atoms with Crippen LogP contribution in [0, 0.1) is 5.92 Å². The second-order valence-corrected chi connectivity index (χ2v) is 4.14. The van der Waals surface area contributed by atoms with E-state index in [1.807, 2.05) is 0 Å². The Bertz CT molecular complexity index is 177. The van der Waals surface area contributed by atoms with Crippen LogP contribution in [0.3, 0.4) is 0 Å². The molecule has 1 heteroatoms. The van der Waals surface area contributed by atoms with Crippen LogP contribution in [-0.2, 0) is 4.74 Å². The maximum Gasteiger partial charge on any atom is 0.0607 e. The number of ether oxygens (including phenoxy) is 1. The van der Waals surface area contributed by atoms with Crippen LogP contribution in [0.25, 0.3) is 0 Å². The number of hydrogen-bond donors (Lipinski definition) is 0. The predicted octanol–water partition coefficient (Wildman–Crippen LogP) is 2.91. The van der Waals surface area contributed by atoms with Crippen LogP contribution in [0.5, 0.6) is 0 Å². The Morgan fingerprint density at radius 2 is 2.33 bits per heavy atom. The molecule has 1 aliphatic heterocycles. The third-order valence-corrected chi connectivity index (χ3v) is 3.17. The van der Waals surface area contributed by atoms with Crippen LogP contribution < -0.4 is 0 Å². The molecule has 0 N–H and O–H groups in total. The van der Waals surface area contributed by atoms with Gasteiger partial charge in [0.25, 0.3) is 0 Å². The molecular weight excluding hydrogens is 148 g/mol. The smallest absolute Gasteiger partial charge is 0.0607 e. The quantitative estimate of drug-likeness (QED) is 0.544. The van der Waals surface area contributed by atoms with Gasteiger partial charge in [0.2, 0.25) is 0 Å². The first-order valence-electron chi connectivity index (χ1n) is 5.13. The van der Waals surface area contributed by atoms with Gasteiger partial charge in [-0.3, -0.25) is 0 Å². The van der Waals surface area contributed by atoms with Gasteiger partial charge < -0.3 is 4.74 Å². The molecule has 1 fully saturated rings. The molecule has 0 spiro atoms. The molecule has 0 bridgehead atoms. The zero-order chi connectivity index (χ0) is 8.39. The number of hydrogen-bond acceptors (Lipinski definition) is 1. The molecule has 1 nitrogen and oxygen atoms in total.